The van der Waals surface area contributed by atoms with Crippen molar-refractivity contribution in [1.82, 2.24) is 15.1 Å². The Kier molecular flexibility index (Phi) is 6.48. The number of piperidine rings is 1. The highest BCUT2D eigenvalue weighted by Gasteiger charge is 2.28. The van der Waals surface area contributed by atoms with Gasteiger partial charge in [-0.3, -0.25) is 9.69 Å². The number of aryl methyl sites for hydroxylation is 1. The molecule has 31 heavy (non-hydrogen) atoms. The van der Waals surface area contributed by atoms with Crippen molar-refractivity contribution in [2.75, 3.05) is 39.3 Å². The van der Waals surface area contributed by atoms with E-state index in [0.717, 1.165) is 32.0 Å². The first-order valence-corrected chi connectivity index (χ1v) is 10.7. The van der Waals surface area contributed by atoms with Crippen LogP contribution in [0.25, 0.3) is 0 Å². The largest absolute Gasteiger partial charge is 0.427 e. The summed E-state index contributed by atoms with van der Waals surface area (Å²) in [6.45, 7) is 6.08. The lowest BCUT2D eigenvalue weighted by Crippen LogP contribution is -2.49. The number of nitrogens with zero attached hydrogens (tertiary/aromatic N) is 2. The summed E-state index contributed by atoms with van der Waals surface area (Å²) in [5.41, 5.74) is 0.852. The van der Waals surface area contributed by atoms with Gasteiger partial charge in [-0.2, -0.15) is 0 Å². The summed E-state index contributed by atoms with van der Waals surface area (Å²) in [5, 5.41) is 3.31. The van der Waals surface area contributed by atoms with Crippen molar-refractivity contribution in [2.45, 2.75) is 32.2 Å². The lowest BCUT2D eigenvalue weighted by Gasteiger charge is -2.34. The normalized spacial score (nSPS) is 20.1. The van der Waals surface area contributed by atoms with Crippen molar-refractivity contribution in [3.63, 3.8) is 0 Å². The van der Waals surface area contributed by atoms with Crippen LogP contribution >= 0.6 is 0 Å². The van der Waals surface area contributed by atoms with E-state index in [-0.39, 0.29) is 17.4 Å². The zero-order valence-corrected chi connectivity index (χ0v) is 17.6. The van der Waals surface area contributed by atoms with Crippen molar-refractivity contribution < 1.29 is 18.0 Å². The van der Waals surface area contributed by atoms with Gasteiger partial charge in [-0.05, 0) is 55.6 Å². The van der Waals surface area contributed by atoms with Crippen molar-refractivity contribution in [3.8, 4) is 0 Å². The zero-order valence-electron chi connectivity index (χ0n) is 17.6. The third-order valence-electron chi connectivity index (χ3n) is 6.13. The van der Waals surface area contributed by atoms with Gasteiger partial charge in [-0.1, -0.05) is 6.07 Å². The standard InChI is InChI=1S/C23H27F2N3O3/c1-15-11-20(17-3-2-6-26-13-17)31-23(30)21(15)22(29)28-9-7-27(8-10-28)14-16-4-5-18(24)19(25)12-16/h4-5,11-12,17,26H,2-3,6-10,13-14H2,1H3. The van der Waals surface area contributed by atoms with E-state index in [0.29, 0.717) is 49.6 Å². The molecule has 2 aliphatic heterocycles. The average Bonchev–Trinajstić information content (AvgIpc) is 2.77. The molecule has 2 aromatic rings. The molecule has 1 amide bonds. The molecule has 0 spiro atoms. The zero-order chi connectivity index (χ0) is 22.0. The minimum atomic E-state index is -0.862. The molecule has 0 aliphatic carbocycles. The molecule has 4 rings (SSSR count). The molecule has 8 heteroatoms. The second-order valence-corrected chi connectivity index (χ2v) is 8.35. The van der Waals surface area contributed by atoms with Crippen LogP contribution in [0, 0.1) is 18.6 Å². The Morgan fingerprint density at radius 2 is 1.94 bits per heavy atom. The molecule has 2 saturated heterocycles. The number of carbonyl (C=O) groups excluding carboxylic acids is 1. The Morgan fingerprint density at radius 1 is 1.16 bits per heavy atom. The van der Waals surface area contributed by atoms with Crippen LogP contribution in [0.1, 0.15) is 46.0 Å². The molecule has 1 unspecified atom stereocenters. The highest BCUT2D eigenvalue weighted by atomic mass is 19.2. The Bertz CT molecular complexity index is 1010. The van der Waals surface area contributed by atoms with Crippen LogP contribution in [-0.2, 0) is 6.54 Å². The van der Waals surface area contributed by atoms with E-state index in [1.165, 1.54) is 6.07 Å². The summed E-state index contributed by atoms with van der Waals surface area (Å²) in [4.78, 5) is 29.4. The van der Waals surface area contributed by atoms with E-state index in [9.17, 15) is 18.4 Å². The first-order valence-electron chi connectivity index (χ1n) is 10.7. The number of benzene rings is 1. The van der Waals surface area contributed by atoms with Crippen LogP contribution in [-0.4, -0.2) is 55.0 Å². The van der Waals surface area contributed by atoms with Gasteiger partial charge in [-0.25, -0.2) is 13.6 Å². The van der Waals surface area contributed by atoms with Crippen LogP contribution in [0.4, 0.5) is 8.78 Å². The van der Waals surface area contributed by atoms with Gasteiger partial charge >= 0.3 is 5.63 Å². The molecular formula is C23H27F2N3O3. The van der Waals surface area contributed by atoms with Crippen LogP contribution < -0.4 is 10.9 Å². The van der Waals surface area contributed by atoms with E-state index in [2.05, 4.69) is 10.2 Å². The van der Waals surface area contributed by atoms with E-state index < -0.39 is 17.3 Å². The fourth-order valence-electron chi connectivity index (χ4n) is 4.35. The van der Waals surface area contributed by atoms with Crippen molar-refractivity contribution in [1.29, 1.82) is 0 Å². The van der Waals surface area contributed by atoms with Crippen LogP contribution in [0.5, 0.6) is 0 Å². The van der Waals surface area contributed by atoms with Crippen LogP contribution in [0.3, 0.4) is 0 Å². The Hall–Kier alpha value is -2.58. The summed E-state index contributed by atoms with van der Waals surface area (Å²) in [5.74, 6) is -1.24. The molecule has 1 aromatic heterocycles. The number of halogens is 2. The van der Waals surface area contributed by atoms with Crippen molar-refractivity contribution >= 4 is 5.91 Å². The molecule has 1 atom stereocenters. The molecule has 6 nitrogen and oxygen atoms in total. The maximum Gasteiger partial charge on any atom is 0.349 e. The number of hydrogen-bond acceptors (Lipinski definition) is 5. The number of amides is 1. The SMILES string of the molecule is Cc1cc(C2CCCNC2)oc(=O)c1C(=O)N1CCN(Cc2ccc(F)c(F)c2)CC1. The van der Waals surface area contributed by atoms with Gasteiger partial charge in [0.05, 0.1) is 0 Å². The summed E-state index contributed by atoms with van der Waals surface area (Å²) in [7, 11) is 0. The van der Waals surface area contributed by atoms with E-state index in [1.807, 2.05) is 6.07 Å². The second-order valence-electron chi connectivity index (χ2n) is 8.35. The summed E-state index contributed by atoms with van der Waals surface area (Å²) >= 11 is 0. The quantitative estimate of drug-likeness (QED) is 0.806. The number of hydrogen-bond donors (Lipinski definition) is 1. The highest BCUT2D eigenvalue weighted by Crippen LogP contribution is 2.24. The molecule has 3 heterocycles. The number of nitrogens with one attached hydrogen (secondary N) is 1. The molecule has 1 aromatic carbocycles. The first kappa shape index (κ1) is 21.6. The molecule has 0 saturated carbocycles. The molecule has 0 bridgehead atoms. The second kappa shape index (κ2) is 9.28. The number of piperazine rings is 1. The topological polar surface area (TPSA) is 65.8 Å². The lowest BCUT2D eigenvalue weighted by atomic mass is 9.95. The lowest BCUT2D eigenvalue weighted by molar-refractivity contribution is 0.0622. The first-order chi connectivity index (χ1) is 14.9. The third kappa shape index (κ3) is 4.85. The van der Waals surface area contributed by atoms with Gasteiger partial charge in [0.1, 0.15) is 11.3 Å². The van der Waals surface area contributed by atoms with Crippen LogP contribution in [0.15, 0.2) is 33.5 Å². The van der Waals surface area contributed by atoms with Gasteiger partial charge in [0.2, 0.25) is 0 Å². The molecule has 2 aliphatic rings. The van der Waals surface area contributed by atoms with E-state index in [1.54, 1.807) is 17.9 Å². The monoisotopic (exact) mass is 431 g/mol. The van der Waals surface area contributed by atoms with Gasteiger partial charge in [0.25, 0.3) is 5.91 Å². The van der Waals surface area contributed by atoms with Gasteiger partial charge in [0, 0.05) is 45.2 Å². The number of carbonyl (C=O) groups is 1. The smallest absolute Gasteiger partial charge is 0.349 e. The van der Waals surface area contributed by atoms with Crippen molar-refractivity contribution in [3.05, 3.63) is 68.8 Å². The van der Waals surface area contributed by atoms with Gasteiger partial charge < -0.3 is 14.6 Å². The molecule has 166 valence electrons. The molecule has 1 N–H and O–H groups in total. The predicted octanol–water partition coefficient (Wildman–Crippen LogP) is 2.65. The fourth-order valence-corrected chi connectivity index (χ4v) is 4.35. The summed E-state index contributed by atoms with van der Waals surface area (Å²) < 4.78 is 32.1. The van der Waals surface area contributed by atoms with Crippen molar-refractivity contribution in [2.24, 2.45) is 0 Å². The summed E-state index contributed by atoms with van der Waals surface area (Å²) in [6.07, 6.45) is 1.99. The maximum atomic E-state index is 13.4. The average molecular weight is 431 g/mol. The minimum Gasteiger partial charge on any atom is -0.427 e. The molecule has 2 fully saturated rings. The van der Waals surface area contributed by atoms with Crippen LogP contribution in [0.2, 0.25) is 0 Å². The molecular weight excluding hydrogens is 404 g/mol. The molecule has 0 radical (unpaired) electrons. The van der Waals surface area contributed by atoms with Gasteiger partial charge in [-0.15, -0.1) is 0 Å². The van der Waals surface area contributed by atoms with E-state index in [4.69, 9.17) is 4.42 Å². The third-order valence-corrected chi connectivity index (χ3v) is 6.13. The predicted molar refractivity (Wildman–Crippen MR) is 112 cm³/mol. The van der Waals surface area contributed by atoms with Gasteiger partial charge in [0.15, 0.2) is 11.6 Å². The fraction of sp³-hybridized carbons (Fsp3) is 0.478. The Labute approximate surface area is 179 Å². The Morgan fingerprint density at radius 3 is 2.58 bits per heavy atom. The maximum absolute atomic E-state index is 13.4. The van der Waals surface area contributed by atoms with E-state index >= 15 is 0 Å². The minimum absolute atomic E-state index is 0.0987. The summed E-state index contributed by atoms with van der Waals surface area (Å²) in [6, 6.07) is 5.71. The Balaban J connectivity index is 1.40. The number of rotatable bonds is 4. The highest BCUT2D eigenvalue weighted by molar-refractivity contribution is 5.95.